The molecule has 0 unspecified atom stereocenters. The monoisotopic (exact) mass is 333 g/mol. The van der Waals surface area contributed by atoms with E-state index in [1.165, 1.54) is 12.1 Å². The van der Waals surface area contributed by atoms with Crippen LogP contribution in [0.25, 0.3) is 11.3 Å². The van der Waals surface area contributed by atoms with Gasteiger partial charge in [-0.3, -0.25) is 5.10 Å². The molecule has 0 aliphatic heterocycles. The van der Waals surface area contributed by atoms with Gasteiger partial charge in [0, 0.05) is 17.8 Å². The fourth-order valence-corrected chi connectivity index (χ4v) is 2.09. The van der Waals surface area contributed by atoms with Crippen LogP contribution in [0.2, 0.25) is 0 Å². The molecule has 0 fully saturated rings. The normalized spacial score (nSPS) is 10.5. The van der Waals surface area contributed by atoms with Gasteiger partial charge in [-0.1, -0.05) is 0 Å². The Morgan fingerprint density at radius 3 is 2.70 bits per heavy atom. The maximum absolute atomic E-state index is 12.9. The Labute approximate surface area is 122 Å². The van der Waals surface area contributed by atoms with E-state index in [1.54, 1.807) is 36.7 Å². The van der Waals surface area contributed by atoms with E-state index in [2.05, 4.69) is 31.1 Å². The molecule has 0 aliphatic carbocycles. The first-order chi connectivity index (χ1) is 9.72. The van der Waals surface area contributed by atoms with Gasteiger partial charge in [0.15, 0.2) is 5.75 Å². The number of H-pyrrole nitrogens is 1. The SMILES string of the molecule is Fc1ccc(-c2n[nH]cc2Oc2ccnc(Br)c2)cc1. The number of nitrogens with zero attached hydrogens (tertiary/aromatic N) is 2. The van der Waals surface area contributed by atoms with E-state index in [9.17, 15) is 4.39 Å². The zero-order valence-electron chi connectivity index (χ0n) is 10.2. The molecular formula is C14H9BrFN3O. The van der Waals surface area contributed by atoms with Gasteiger partial charge in [-0.15, -0.1) is 0 Å². The highest BCUT2D eigenvalue weighted by Gasteiger charge is 2.11. The van der Waals surface area contributed by atoms with E-state index >= 15 is 0 Å². The van der Waals surface area contributed by atoms with Crippen molar-refractivity contribution in [3.05, 3.63) is 59.2 Å². The molecule has 3 rings (SSSR count). The van der Waals surface area contributed by atoms with Gasteiger partial charge in [0.05, 0.1) is 6.20 Å². The number of nitrogens with one attached hydrogen (secondary N) is 1. The number of rotatable bonds is 3. The molecule has 0 saturated heterocycles. The van der Waals surface area contributed by atoms with Crippen molar-refractivity contribution in [1.29, 1.82) is 0 Å². The summed E-state index contributed by atoms with van der Waals surface area (Å²) in [4.78, 5) is 4.03. The minimum absolute atomic E-state index is 0.287. The van der Waals surface area contributed by atoms with E-state index in [0.29, 0.717) is 21.8 Å². The van der Waals surface area contributed by atoms with Gasteiger partial charge in [-0.2, -0.15) is 5.10 Å². The average Bonchev–Trinajstić information content (AvgIpc) is 2.88. The van der Waals surface area contributed by atoms with E-state index < -0.39 is 0 Å². The van der Waals surface area contributed by atoms with Gasteiger partial charge in [0.2, 0.25) is 0 Å². The molecule has 0 radical (unpaired) electrons. The van der Waals surface area contributed by atoms with Crippen LogP contribution in [0.1, 0.15) is 0 Å². The lowest BCUT2D eigenvalue weighted by molar-refractivity contribution is 0.483. The number of benzene rings is 1. The maximum Gasteiger partial charge on any atom is 0.173 e. The van der Waals surface area contributed by atoms with Gasteiger partial charge in [-0.05, 0) is 46.3 Å². The van der Waals surface area contributed by atoms with Gasteiger partial charge < -0.3 is 4.74 Å². The Hall–Kier alpha value is -2.21. The molecule has 4 nitrogen and oxygen atoms in total. The summed E-state index contributed by atoms with van der Waals surface area (Å²) >= 11 is 3.28. The Morgan fingerprint density at radius 2 is 1.95 bits per heavy atom. The molecule has 1 aromatic carbocycles. The minimum atomic E-state index is -0.287. The smallest absolute Gasteiger partial charge is 0.173 e. The van der Waals surface area contributed by atoms with Crippen molar-refractivity contribution in [2.45, 2.75) is 0 Å². The molecule has 100 valence electrons. The molecule has 3 aromatic rings. The van der Waals surface area contributed by atoms with Crippen molar-refractivity contribution in [2.24, 2.45) is 0 Å². The second-order valence-electron chi connectivity index (χ2n) is 4.02. The summed E-state index contributed by atoms with van der Waals surface area (Å²) in [7, 11) is 0. The molecule has 0 bridgehead atoms. The van der Waals surface area contributed by atoms with E-state index in [0.717, 1.165) is 5.56 Å². The van der Waals surface area contributed by atoms with Gasteiger partial charge in [0.1, 0.15) is 21.9 Å². The largest absolute Gasteiger partial charge is 0.453 e. The van der Waals surface area contributed by atoms with Crippen molar-refractivity contribution in [3.8, 4) is 22.8 Å². The van der Waals surface area contributed by atoms with E-state index in [-0.39, 0.29) is 5.82 Å². The number of hydrogen-bond acceptors (Lipinski definition) is 3. The standard InChI is InChI=1S/C14H9BrFN3O/c15-13-7-11(5-6-17-13)20-12-8-18-19-14(12)9-1-3-10(16)4-2-9/h1-8H,(H,18,19). The topological polar surface area (TPSA) is 50.8 Å². The van der Waals surface area contributed by atoms with Crippen molar-refractivity contribution in [3.63, 3.8) is 0 Å². The predicted molar refractivity (Wildman–Crippen MR) is 76.0 cm³/mol. The average molecular weight is 334 g/mol. The van der Waals surface area contributed by atoms with E-state index in [1.807, 2.05) is 0 Å². The molecule has 0 amide bonds. The number of halogens is 2. The van der Waals surface area contributed by atoms with Gasteiger partial charge in [0.25, 0.3) is 0 Å². The first-order valence-electron chi connectivity index (χ1n) is 5.81. The maximum atomic E-state index is 12.9. The number of pyridine rings is 1. The Morgan fingerprint density at radius 1 is 1.15 bits per heavy atom. The lowest BCUT2D eigenvalue weighted by Gasteiger charge is -2.05. The molecule has 2 aromatic heterocycles. The Kier molecular flexibility index (Phi) is 3.47. The summed E-state index contributed by atoms with van der Waals surface area (Å²) in [6, 6.07) is 9.57. The van der Waals surface area contributed by atoms with Crippen molar-refractivity contribution >= 4 is 15.9 Å². The van der Waals surface area contributed by atoms with Crippen LogP contribution in [-0.4, -0.2) is 15.2 Å². The molecule has 6 heteroatoms. The van der Waals surface area contributed by atoms with E-state index in [4.69, 9.17) is 4.74 Å². The van der Waals surface area contributed by atoms with Crippen molar-refractivity contribution in [2.75, 3.05) is 0 Å². The fraction of sp³-hybridized carbons (Fsp3) is 0. The first kappa shape index (κ1) is 12.8. The quantitative estimate of drug-likeness (QED) is 0.732. The fourth-order valence-electron chi connectivity index (χ4n) is 1.75. The zero-order valence-corrected chi connectivity index (χ0v) is 11.8. The molecule has 1 N–H and O–H groups in total. The summed E-state index contributed by atoms with van der Waals surface area (Å²) in [5, 5.41) is 6.89. The lowest BCUT2D eigenvalue weighted by Crippen LogP contribution is -1.87. The summed E-state index contributed by atoms with van der Waals surface area (Å²) < 4.78 is 19.4. The second-order valence-corrected chi connectivity index (χ2v) is 4.83. The highest BCUT2D eigenvalue weighted by molar-refractivity contribution is 9.10. The van der Waals surface area contributed by atoms with Crippen LogP contribution in [0.4, 0.5) is 4.39 Å². The Bertz CT molecular complexity index is 727. The van der Waals surface area contributed by atoms with Crippen LogP contribution in [0.15, 0.2) is 53.4 Å². The predicted octanol–water partition coefficient (Wildman–Crippen LogP) is 4.17. The zero-order chi connectivity index (χ0) is 13.9. The van der Waals surface area contributed by atoms with Crippen LogP contribution in [0.3, 0.4) is 0 Å². The first-order valence-corrected chi connectivity index (χ1v) is 6.61. The van der Waals surface area contributed by atoms with Crippen LogP contribution < -0.4 is 4.74 Å². The van der Waals surface area contributed by atoms with Crippen LogP contribution in [0.5, 0.6) is 11.5 Å². The summed E-state index contributed by atoms with van der Waals surface area (Å²) in [6.07, 6.45) is 3.28. The van der Waals surface area contributed by atoms with Gasteiger partial charge >= 0.3 is 0 Å². The minimum Gasteiger partial charge on any atom is -0.453 e. The third-order valence-corrected chi connectivity index (χ3v) is 3.08. The highest BCUT2D eigenvalue weighted by Crippen LogP contribution is 2.31. The van der Waals surface area contributed by atoms with Crippen LogP contribution in [0, 0.1) is 5.82 Å². The third-order valence-electron chi connectivity index (χ3n) is 2.65. The molecule has 0 aliphatic rings. The summed E-state index contributed by atoms with van der Waals surface area (Å²) in [5.41, 5.74) is 1.40. The van der Waals surface area contributed by atoms with Gasteiger partial charge in [-0.25, -0.2) is 9.37 Å². The molecule has 20 heavy (non-hydrogen) atoms. The number of hydrogen-bond donors (Lipinski definition) is 1. The van der Waals surface area contributed by atoms with Crippen molar-refractivity contribution in [1.82, 2.24) is 15.2 Å². The molecule has 0 saturated carbocycles. The number of aromatic nitrogens is 3. The highest BCUT2D eigenvalue weighted by atomic mass is 79.9. The number of aromatic amines is 1. The molecular weight excluding hydrogens is 325 g/mol. The summed E-state index contributed by atoms with van der Waals surface area (Å²) in [5.74, 6) is 0.913. The third kappa shape index (κ3) is 2.70. The van der Waals surface area contributed by atoms with Crippen LogP contribution >= 0.6 is 15.9 Å². The van der Waals surface area contributed by atoms with Crippen LogP contribution in [-0.2, 0) is 0 Å². The summed E-state index contributed by atoms with van der Waals surface area (Å²) in [6.45, 7) is 0. The second kappa shape index (κ2) is 5.42. The molecule has 0 atom stereocenters. The molecule has 0 spiro atoms. The number of ether oxygens (including phenoxy) is 1. The Balaban J connectivity index is 1.92. The van der Waals surface area contributed by atoms with Crippen molar-refractivity contribution < 1.29 is 9.13 Å². The lowest BCUT2D eigenvalue weighted by atomic mass is 10.1. The molecule has 2 heterocycles.